The van der Waals surface area contributed by atoms with Gasteiger partial charge in [-0.2, -0.15) is 0 Å². The average molecular weight is 282 g/mol. The lowest BCUT2D eigenvalue weighted by Crippen LogP contribution is -1.96. The number of unbranched alkanes of at least 4 members (excludes halogenated alkanes) is 6. The second-order valence-electron chi connectivity index (χ2n) is 6.20. The average Bonchev–Trinajstić information content (AvgIpc) is 2.37. The molecule has 0 spiro atoms. The Morgan fingerprint density at radius 3 is 2.45 bits per heavy atom. The number of carbonyl (C=O) groups is 1. The monoisotopic (exact) mass is 282 g/mol. The minimum absolute atomic E-state index is 0.307. The third kappa shape index (κ3) is 13.6. The molecule has 1 unspecified atom stereocenters. The molecule has 0 amide bonds. The zero-order chi connectivity index (χ0) is 15.2. The Kier molecular flexibility index (Phi) is 12.7. The molecule has 20 heavy (non-hydrogen) atoms. The maximum absolute atomic E-state index is 10.4. The smallest absolute Gasteiger partial charge is 0.303 e. The van der Waals surface area contributed by atoms with Crippen molar-refractivity contribution in [2.45, 2.75) is 91.4 Å². The first kappa shape index (κ1) is 19.2. The molecule has 1 atom stereocenters. The van der Waals surface area contributed by atoms with Gasteiger partial charge in [-0.25, -0.2) is 0 Å². The first-order chi connectivity index (χ1) is 9.56. The van der Waals surface area contributed by atoms with Gasteiger partial charge in [-0.3, -0.25) is 4.79 Å². The van der Waals surface area contributed by atoms with Crippen molar-refractivity contribution in [1.29, 1.82) is 0 Å². The largest absolute Gasteiger partial charge is 0.481 e. The van der Waals surface area contributed by atoms with Gasteiger partial charge in [-0.1, -0.05) is 64.0 Å². The normalized spacial score (nSPS) is 13.4. The van der Waals surface area contributed by atoms with Crippen molar-refractivity contribution >= 4 is 5.97 Å². The van der Waals surface area contributed by atoms with E-state index in [0.717, 1.165) is 25.2 Å². The van der Waals surface area contributed by atoms with Crippen molar-refractivity contribution in [3.05, 3.63) is 11.6 Å². The fraction of sp³-hybridized carbons (Fsp3) is 0.833. The van der Waals surface area contributed by atoms with Crippen LogP contribution in [0.1, 0.15) is 91.4 Å². The molecule has 118 valence electrons. The highest BCUT2D eigenvalue weighted by atomic mass is 16.4. The van der Waals surface area contributed by atoms with Gasteiger partial charge in [0.1, 0.15) is 0 Å². The summed E-state index contributed by atoms with van der Waals surface area (Å²) in [6.07, 6.45) is 14.8. The number of carboxylic acids is 1. The summed E-state index contributed by atoms with van der Waals surface area (Å²) >= 11 is 0. The Morgan fingerprint density at radius 1 is 1.10 bits per heavy atom. The van der Waals surface area contributed by atoms with E-state index in [9.17, 15) is 4.79 Å². The van der Waals surface area contributed by atoms with E-state index in [1.807, 2.05) is 0 Å². The zero-order valence-electron chi connectivity index (χ0n) is 13.8. The van der Waals surface area contributed by atoms with Crippen molar-refractivity contribution < 1.29 is 9.90 Å². The van der Waals surface area contributed by atoms with Gasteiger partial charge in [0.25, 0.3) is 0 Å². The van der Waals surface area contributed by atoms with Crippen LogP contribution in [0.5, 0.6) is 0 Å². The van der Waals surface area contributed by atoms with E-state index in [2.05, 4.69) is 26.8 Å². The molecule has 0 radical (unpaired) electrons. The van der Waals surface area contributed by atoms with Gasteiger partial charge >= 0.3 is 5.97 Å². The van der Waals surface area contributed by atoms with Gasteiger partial charge in [0, 0.05) is 6.42 Å². The Bertz CT molecular complexity index is 269. The molecule has 0 aliphatic rings. The van der Waals surface area contributed by atoms with Crippen LogP contribution in [-0.4, -0.2) is 11.1 Å². The van der Waals surface area contributed by atoms with Crippen LogP contribution >= 0.6 is 0 Å². The molecule has 1 N–H and O–H groups in total. The first-order valence-corrected chi connectivity index (χ1v) is 8.43. The van der Waals surface area contributed by atoms with Crippen LogP contribution in [0.3, 0.4) is 0 Å². The second-order valence-corrected chi connectivity index (χ2v) is 6.20. The van der Waals surface area contributed by atoms with E-state index in [1.165, 1.54) is 50.5 Å². The number of rotatable bonds is 13. The highest BCUT2D eigenvalue weighted by Gasteiger charge is 2.03. The van der Waals surface area contributed by atoms with Crippen molar-refractivity contribution in [1.82, 2.24) is 0 Å². The van der Waals surface area contributed by atoms with Gasteiger partial charge in [0.15, 0.2) is 0 Å². The van der Waals surface area contributed by atoms with Crippen LogP contribution in [0.15, 0.2) is 11.6 Å². The van der Waals surface area contributed by atoms with E-state index in [4.69, 9.17) is 5.11 Å². The van der Waals surface area contributed by atoms with Crippen LogP contribution < -0.4 is 0 Å². The Labute approximate surface area is 125 Å². The molecule has 0 saturated carbocycles. The lowest BCUT2D eigenvalue weighted by Gasteiger charge is -2.11. The van der Waals surface area contributed by atoms with Crippen LogP contribution in [0.25, 0.3) is 0 Å². The molecule has 0 saturated heterocycles. The zero-order valence-corrected chi connectivity index (χ0v) is 13.8. The molecule has 0 aromatic heterocycles. The van der Waals surface area contributed by atoms with E-state index < -0.39 is 5.97 Å². The summed E-state index contributed by atoms with van der Waals surface area (Å²) in [4.78, 5) is 10.4. The number of hydrogen-bond acceptors (Lipinski definition) is 1. The molecule has 2 heteroatoms. The molecule has 0 aliphatic carbocycles. The van der Waals surface area contributed by atoms with Crippen molar-refractivity contribution in [3.63, 3.8) is 0 Å². The number of hydrogen-bond donors (Lipinski definition) is 1. The number of allylic oxidation sites excluding steroid dienone is 2. The van der Waals surface area contributed by atoms with Crippen LogP contribution in [0, 0.1) is 5.92 Å². The van der Waals surface area contributed by atoms with Crippen molar-refractivity contribution in [2.75, 3.05) is 0 Å². The lowest BCUT2D eigenvalue weighted by atomic mass is 9.95. The molecule has 2 nitrogen and oxygen atoms in total. The molecular weight excluding hydrogens is 248 g/mol. The first-order valence-electron chi connectivity index (χ1n) is 8.43. The summed E-state index contributed by atoms with van der Waals surface area (Å²) in [7, 11) is 0. The third-order valence-corrected chi connectivity index (χ3v) is 3.81. The maximum Gasteiger partial charge on any atom is 0.303 e. The maximum atomic E-state index is 10.4. The molecule has 0 rings (SSSR count). The van der Waals surface area contributed by atoms with E-state index in [-0.39, 0.29) is 0 Å². The van der Waals surface area contributed by atoms with Crippen molar-refractivity contribution in [2.24, 2.45) is 5.92 Å². The molecule has 0 aliphatic heterocycles. The summed E-state index contributed by atoms with van der Waals surface area (Å²) < 4.78 is 0. The fourth-order valence-corrected chi connectivity index (χ4v) is 2.60. The number of aliphatic carboxylic acids is 1. The summed E-state index contributed by atoms with van der Waals surface area (Å²) in [5, 5.41) is 8.56. The third-order valence-electron chi connectivity index (χ3n) is 3.81. The highest BCUT2D eigenvalue weighted by molar-refractivity contribution is 5.66. The van der Waals surface area contributed by atoms with Gasteiger partial charge in [-0.15, -0.1) is 0 Å². The van der Waals surface area contributed by atoms with Gasteiger partial charge in [0.2, 0.25) is 0 Å². The lowest BCUT2D eigenvalue weighted by molar-refractivity contribution is -0.137. The van der Waals surface area contributed by atoms with E-state index >= 15 is 0 Å². The highest BCUT2D eigenvalue weighted by Crippen LogP contribution is 2.19. The van der Waals surface area contributed by atoms with Gasteiger partial charge in [0.05, 0.1) is 0 Å². The summed E-state index contributed by atoms with van der Waals surface area (Å²) in [5.41, 5.74) is 1.47. The minimum atomic E-state index is -0.678. The molecule has 0 fully saturated rings. The van der Waals surface area contributed by atoms with Gasteiger partial charge in [-0.05, 0) is 38.5 Å². The molecule has 0 heterocycles. The second kappa shape index (κ2) is 13.2. The Hall–Kier alpha value is -0.790. The van der Waals surface area contributed by atoms with E-state index in [1.54, 1.807) is 0 Å². The van der Waals surface area contributed by atoms with Crippen LogP contribution in [0.4, 0.5) is 0 Å². The SMILES string of the molecule is CCCCCCCC(C)C/C(C)=C/CCCCC(=O)O. The van der Waals surface area contributed by atoms with Crippen molar-refractivity contribution in [3.8, 4) is 0 Å². The molecule has 0 aromatic carbocycles. The Morgan fingerprint density at radius 2 is 1.80 bits per heavy atom. The molecule has 0 bridgehead atoms. The van der Waals surface area contributed by atoms with Crippen LogP contribution in [0.2, 0.25) is 0 Å². The molecular formula is C18H34O2. The standard InChI is InChI=1S/C18H34O2/c1-4-5-6-7-9-12-16(2)15-17(3)13-10-8-11-14-18(19)20/h13,16H,4-12,14-15H2,1-3H3,(H,19,20)/b17-13+. The summed E-state index contributed by atoms with van der Waals surface area (Å²) in [5.74, 6) is 0.106. The minimum Gasteiger partial charge on any atom is -0.481 e. The fourth-order valence-electron chi connectivity index (χ4n) is 2.60. The predicted molar refractivity (Wildman–Crippen MR) is 87.0 cm³/mol. The quantitative estimate of drug-likeness (QED) is 0.334. The predicted octanol–water partition coefficient (Wildman–Crippen LogP) is 5.96. The number of carboxylic acid groups (broad SMARTS) is 1. The van der Waals surface area contributed by atoms with Gasteiger partial charge < -0.3 is 5.11 Å². The topological polar surface area (TPSA) is 37.3 Å². The van der Waals surface area contributed by atoms with E-state index in [0.29, 0.717) is 6.42 Å². The Balaban J connectivity index is 3.56. The summed E-state index contributed by atoms with van der Waals surface area (Å²) in [6.45, 7) is 6.82. The molecule has 0 aromatic rings. The summed E-state index contributed by atoms with van der Waals surface area (Å²) in [6, 6.07) is 0. The van der Waals surface area contributed by atoms with Crippen LogP contribution in [-0.2, 0) is 4.79 Å².